The highest BCUT2D eigenvalue weighted by molar-refractivity contribution is 5.23. The van der Waals surface area contributed by atoms with Crippen molar-refractivity contribution in [3.63, 3.8) is 0 Å². The SMILES string of the molecule is C=C(C)CN(CC)Cc1ccc(CCNCCC)cc1. The predicted octanol–water partition coefficient (Wildman–Crippen LogP) is 3.63. The first-order valence-corrected chi connectivity index (χ1v) is 7.81. The summed E-state index contributed by atoms with van der Waals surface area (Å²) in [5, 5.41) is 3.44. The van der Waals surface area contributed by atoms with E-state index in [0.29, 0.717) is 0 Å². The first kappa shape index (κ1) is 16.9. The minimum atomic E-state index is 0.985. The van der Waals surface area contributed by atoms with Crippen molar-refractivity contribution in [1.82, 2.24) is 10.2 Å². The minimum absolute atomic E-state index is 0.985. The Balaban J connectivity index is 2.42. The van der Waals surface area contributed by atoms with Crippen molar-refractivity contribution in [3.05, 3.63) is 47.5 Å². The molecule has 1 aromatic carbocycles. The van der Waals surface area contributed by atoms with Gasteiger partial charge in [-0.1, -0.05) is 50.3 Å². The number of benzene rings is 1. The standard InChI is InChI=1S/C18H30N2/c1-5-12-19-13-11-17-7-9-18(10-8-17)15-20(6-2)14-16(3)4/h7-10,19H,3,5-6,11-15H2,1-2,4H3. The maximum Gasteiger partial charge on any atom is 0.0237 e. The molecule has 0 bridgehead atoms. The molecule has 0 radical (unpaired) electrons. The summed E-state index contributed by atoms with van der Waals surface area (Å²) in [5.74, 6) is 0. The summed E-state index contributed by atoms with van der Waals surface area (Å²) < 4.78 is 0. The van der Waals surface area contributed by atoms with Crippen LogP contribution in [-0.2, 0) is 13.0 Å². The second-order valence-corrected chi connectivity index (χ2v) is 5.58. The zero-order valence-electron chi connectivity index (χ0n) is 13.4. The van der Waals surface area contributed by atoms with Gasteiger partial charge < -0.3 is 5.32 Å². The van der Waals surface area contributed by atoms with Crippen LogP contribution in [0.1, 0.15) is 38.3 Å². The van der Waals surface area contributed by atoms with Crippen molar-refractivity contribution in [3.8, 4) is 0 Å². The van der Waals surface area contributed by atoms with Crippen LogP contribution < -0.4 is 5.32 Å². The van der Waals surface area contributed by atoms with E-state index in [1.54, 1.807) is 0 Å². The van der Waals surface area contributed by atoms with Gasteiger partial charge >= 0.3 is 0 Å². The number of likely N-dealkylation sites (N-methyl/N-ethyl adjacent to an activating group) is 1. The molecule has 0 unspecified atom stereocenters. The lowest BCUT2D eigenvalue weighted by Gasteiger charge is -2.20. The van der Waals surface area contributed by atoms with Gasteiger partial charge in [0.25, 0.3) is 0 Å². The van der Waals surface area contributed by atoms with Gasteiger partial charge in [-0.3, -0.25) is 4.90 Å². The van der Waals surface area contributed by atoms with Crippen LogP contribution in [0.15, 0.2) is 36.4 Å². The largest absolute Gasteiger partial charge is 0.316 e. The molecule has 0 fully saturated rings. The molecule has 0 aliphatic carbocycles. The van der Waals surface area contributed by atoms with Crippen LogP contribution in [0.4, 0.5) is 0 Å². The molecule has 0 atom stereocenters. The molecule has 1 aromatic rings. The molecule has 0 aliphatic heterocycles. The Labute approximate surface area is 124 Å². The molecule has 1 N–H and O–H groups in total. The lowest BCUT2D eigenvalue weighted by atomic mass is 10.1. The zero-order chi connectivity index (χ0) is 14.8. The molecular formula is C18H30N2. The summed E-state index contributed by atoms with van der Waals surface area (Å²) in [4.78, 5) is 2.42. The maximum absolute atomic E-state index is 4.00. The lowest BCUT2D eigenvalue weighted by molar-refractivity contribution is 0.304. The highest BCUT2D eigenvalue weighted by atomic mass is 15.1. The summed E-state index contributed by atoms with van der Waals surface area (Å²) in [6, 6.07) is 9.04. The highest BCUT2D eigenvalue weighted by Gasteiger charge is 2.03. The minimum Gasteiger partial charge on any atom is -0.316 e. The highest BCUT2D eigenvalue weighted by Crippen LogP contribution is 2.09. The van der Waals surface area contributed by atoms with Crippen LogP contribution in [0.25, 0.3) is 0 Å². The molecule has 0 heterocycles. The van der Waals surface area contributed by atoms with Crippen molar-refractivity contribution >= 4 is 0 Å². The first-order valence-electron chi connectivity index (χ1n) is 7.81. The Hall–Kier alpha value is -1.12. The van der Waals surface area contributed by atoms with E-state index in [-0.39, 0.29) is 0 Å². The quantitative estimate of drug-likeness (QED) is 0.518. The summed E-state index contributed by atoms with van der Waals surface area (Å²) >= 11 is 0. The molecule has 0 aromatic heterocycles. The Kier molecular flexibility index (Phi) is 8.24. The van der Waals surface area contributed by atoms with Gasteiger partial charge in [-0.15, -0.1) is 0 Å². The van der Waals surface area contributed by atoms with Gasteiger partial charge in [-0.05, 0) is 50.5 Å². The fourth-order valence-corrected chi connectivity index (χ4v) is 2.27. The van der Waals surface area contributed by atoms with E-state index in [1.165, 1.54) is 23.1 Å². The van der Waals surface area contributed by atoms with E-state index >= 15 is 0 Å². The van der Waals surface area contributed by atoms with E-state index < -0.39 is 0 Å². The van der Waals surface area contributed by atoms with E-state index in [1.807, 2.05) is 0 Å². The first-order chi connectivity index (χ1) is 9.65. The van der Waals surface area contributed by atoms with Crippen LogP contribution >= 0.6 is 0 Å². The third kappa shape index (κ3) is 6.88. The van der Waals surface area contributed by atoms with Crippen LogP contribution in [0.5, 0.6) is 0 Å². The summed E-state index contributed by atoms with van der Waals surface area (Å²) in [6.45, 7) is 15.7. The number of hydrogen-bond acceptors (Lipinski definition) is 2. The van der Waals surface area contributed by atoms with E-state index in [4.69, 9.17) is 0 Å². The zero-order valence-corrected chi connectivity index (χ0v) is 13.4. The van der Waals surface area contributed by atoms with E-state index in [0.717, 1.165) is 39.1 Å². The third-order valence-corrected chi connectivity index (χ3v) is 3.39. The van der Waals surface area contributed by atoms with Crippen molar-refractivity contribution in [2.75, 3.05) is 26.2 Å². The van der Waals surface area contributed by atoms with Gasteiger partial charge in [0.05, 0.1) is 0 Å². The van der Waals surface area contributed by atoms with Crippen molar-refractivity contribution < 1.29 is 0 Å². The Morgan fingerprint density at radius 1 is 1.10 bits per heavy atom. The molecule has 0 saturated heterocycles. The number of hydrogen-bond donors (Lipinski definition) is 1. The molecule has 112 valence electrons. The molecule has 0 amide bonds. The van der Waals surface area contributed by atoms with Crippen LogP contribution in [0, 0.1) is 0 Å². The van der Waals surface area contributed by atoms with Crippen molar-refractivity contribution in [2.45, 2.75) is 40.2 Å². The maximum atomic E-state index is 4.00. The number of nitrogens with zero attached hydrogens (tertiary/aromatic N) is 1. The molecule has 2 nitrogen and oxygen atoms in total. The van der Waals surface area contributed by atoms with Gasteiger partial charge in [-0.2, -0.15) is 0 Å². The molecule has 20 heavy (non-hydrogen) atoms. The molecule has 0 spiro atoms. The molecule has 0 aliphatic rings. The second-order valence-electron chi connectivity index (χ2n) is 5.58. The Bertz CT molecular complexity index is 381. The van der Waals surface area contributed by atoms with Gasteiger partial charge in [0, 0.05) is 13.1 Å². The summed E-state index contributed by atoms with van der Waals surface area (Å²) in [7, 11) is 0. The Morgan fingerprint density at radius 3 is 2.30 bits per heavy atom. The van der Waals surface area contributed by atoms with Gasteiger partial charge in [0.2, 0.25) is 0 Å². The van der Waals surface area contributed by atoms with Gasteiger partial charge in [0.15, 0.2) is 0 Å². The van der Waals surface area contributed by atoms with Crippen LogP contribution in [0.2, 0.25) is 0 Å². The predicted molar refractivity (Wildman–Crippen MR) is 89.1 cm³/mol. The second kappa shape index (κ2) is 9.73. The van der Waals surface area contributed by atoms with E-state index in [2.05, 4.69) is 61.8 Å². The van der Waals surface area contributed by atoms with Crippen LogP contribution in [-0.4, -0.2) is 31.1 Å². The van der Waals surface area contributed by atoms with Gasteiger partial charge in [0.1, 0.15) is 0 Å². The molecule has 1 rings (SSSR count). The number of rotatable bonds is 10. The van der Waals surface area contributed by atoms with Crippen LogP contribution in [0.3, 0.4) is 0 Å². The normalized spacial score (nSPS) is 11.0. The fourth-order valence-electron chi connectivity index (χ4n) is 2.27. The number of nitrogens with one attached hydrogen (secondary N) is 1. The monoisotopic (exact) mass is 274 g/mol. The molecule has 0 saturated carbocycles. The molecule has 2 heteroatoms. The van der Waals surface area contributed by atoms with E-state index in [9.17, 15) is 0 Å². The van der Waals surface area contributed by atoms with Crippen molar-refractivity contribution in [1.29, 1.82) is 0 Å². The summed E-state index contributed by atoms with van der Waals surface area (Å²) in [6.07, 6.45) is 2.32. The summed E-state index contributed by atoms with van der Waals surface area (Å²) in [5.41, 5.74) is 4.03. The average Bonchev–Trinajstić information content (AvgIpc) is 2.44. The third-order valence-electron chi connectivity index (χ3n) is 3.39. The Morgan fingerprint density at radius 2 is 1.75 bits per heavy atom. The van der Waals surface area contributed by atoms with Crippen molar-refractivity contribution in [2.24, 2.45) is 0 Å². The van der Waals surface area contributed by atoms with Gasteiger partial charge in [-0.25, -0.2) is 0 Å². The smallest absolute Gasteiger partial charge is 0.0237 e. The topological polar surface area (TPSA) is 15.3 Å². The molecular weight excluding hydrogens is 244 g/mol. The average molecular weight is 274 g/mol. The fraction of sp³-hybridized carbons (Fsp3) is 0.556. The lowest BCUT2D eigenvalue weighted by Crippen LogP contribution is -2.24.